The van der Waals surface area contributed by atoms with Gasteiger partial charge in [-0.2, -0.15) is 20.6 Å². The molecule has 9 aromatic heterocycles. The molecule has 15 rings (SSSR count). The van der Waals surface area contributed by atoms with E-state index in [0.29, 0.717) is 75.8 Å². The fourth-order valence-electron chi connectivity index (χ4n) is 12.1. The number of aryl methyl sites for hydroxylation is 4. The number of halogens is 1. The number of para-hydroxylation sites is 2. The smallest absolute Gasteiger partial charge is 0.418 e. The highest BCUT2D eigenvalue weighted by molar-refractivity contribution is 6.03. The minimum atomic E-state index is -0.629. The Kier molecular flexibility index (Phi) is 48.5. The van der Waals surface area contributed by atoms with E-state index in [-0.39, 0.29) is 81.7 Å². The SMILES string of the molecule is C.C.C.C=C(CC#N)C(C)(C)CO.CC(C)(C)OC(=O)Nc1ccc(O)c2ccccc12.Cc1ccc(-n2nc(C(C)(C)CO)cc2N)cn1.Cc1ccc(-n2nc(C(C)(C)CO)cc2NC(=O)Oc2ccccc2)cn1.Cc1ccc(-n2nc(C(C)(C)CO)cc2NC(=O)Oc2ccccc2)cn1.Cc1ccc(NN)cn1.Cl.Nc1ccc(OCCc2ccncc2)c2ccccc12.OCCc1ccncc1.[HH].[HH]. The number of aliphatic hydroxyl groups is 5. The molecule has 16 N–H and O–H groups in total. The predicted molar refractivity (Wildman–Crippen MR) is 576 cm³/mol. The van der Waals surface area contributed by atoms with Crippen LogP contribution < -0.4 is 52.9 Å². The standard InChI is InChI=1S/2C20H22N4O3.C17H16N2O.C15H17NO3.C13H18N4O.C8H13NO.C7H9NO.C6H9N3.3CH4.ClH.2H2/c2*1-14-9-10-15(12-21-14)24-18(11-17(23-24)20(2,3)13-25)22-19(26)27-16-7-5-4-6-8-16;18-16-5-6-17(15-4-2-1-3-14(15)16)20-12-9-13-7-10-19-11-8-13;1-15(2,3)19-14(18)16-12-8-9-13(17)11-7-5-4-6-10(11)12;1-9-4-5-10(7-15-9)17-12(14)6-11(16-17)13(2,3)8-18;1-7(4-5-9)8(2,3)6-10;9-6-3-7-1-4-8-5-2-7;1-5-2-3-6(9-7)4-8-5;;;;;;/h2*4-12,25H,13H2,1-3H3,(H,22,26);1-8,10-11H,9,12,18H2;4-9,17H,1-3H3,(H,16,18);4-7,18H,8,14H2,1-3H3;10H,1,4,6H2,2-3H3;1-2,4-5,9H,3,6H2;2-4,9H,7H2,1H3;3*1H4;3*1H. The number of nitrogen functional groups attached to an aromatic ring is 3. The van der Waals surface area contributed by atoms with Gasteiger partial charge in [0, 0.05) is 131 Å². The van der Waals surface area contributed by atoms with Crippen LogP contribution in [0.25, 0.3) is 38.6 Å². The van der Waals surface area contributed by atoms with Crippen LogP contribution in [-0.4, -0.2) is 153 Å². The van der Waals surface area contributed by atoms with Crippen LogP contribution in [0.2, 0.25) is 0 Å². The zero-order valence-electron chi connectivity index (χ0n) is 81.5. The van der Waals surface area contributed by atoms with Crippen molar-refractivity contribution in [1.29, 1.82) is 5.26 Å². The van der Waals surface area contributed by atoms with Gasteiger partial charge in [-0.15, -0.1) is 12.4 Å². The summed E-state index contributed by atoms with van der Waals surface area (Å²) in [4.78, 5) is 61.0. The molecule has 764 valence electrons. The highest BCUT2D eigenvalue weighted by Crippen LogP contribution is 2.35. The third kappa shape index (κ3) is 37.9. The Bertz CT molecular complexity index is 6280. The number of aromatic hydroxyl groups is 1. The molecule has 0 unspecified atom stereocenters. The monoisotopic (exact) mass is 1980 g/mol. The van der Waals surface area contributed by atoms with Gasteiger partial charge in [0.25, 0.3) is 0 Å². The summed E-state index contributed by atoms with van der Waals surface area (Å²) >= 11 is 0. The number of carbonyl (C=O) groups is 3. The molecule has 0 atom stereocenters. The van der Waals surface area contributed by atoms with Crippen LogP contribution in [0.5, 0.6) is 23.0 Å². The van der Waals surface area contributed by atoms with Gasteiger partial charge in [-0.3, -0.25) is 51.7 Å². The highest BCUT2D eigenvalue weighted by atomic mass is 35.5. The minimum absolute atomic E-state index is 0. The van der Waals surface area contributed by atoms with E-state index in [4.69, 9.17) is 51.7 Å². The Morgan fingerprint density at radius 3 is 1.27 bits per heavy atom. The van der Waals surface area contributed by atoms with E-state index in [1.807, 2.05) is 249 Å². The summed E-state index contributed by atoms with van der Waals surface area (Å²) < 4.78 is 26.5. The molecule has 6 aromatic carbocycles. The van der Waals surface area contributed by atoms with Crippen molar-refractivity contribution in [2.45, 2.75) is 167 Å². The molecule has 0 spiro atoms. The molecule has 0 saturated carbocycles. The van der Waals surface area contributed by atoms with E-state index in [1.165, 1.54) is 5.56 Å². The molecule has 33 nitrogen and oxygen atoms in total. The molecule has 143 heavy (non-hydrogen) atoms. The minimum Gasteiger partial charge on any atom is -0.507 e. The zero-order chi connectivity index (χ0) is 101. The Balaban J connectivity index is 0.000000572. The summed E-state index contributed by atoms with van der Waals surface area (Å²) in [6.07, 6.45) is 14.0. The van der Waals surface area contributed by atoms with Crippen LogP contribution in [0, 0.1) is 44.4 Å². The molecule has 34 heteroatoms. The molecule has 0 aliphatic heterocycles. The van der Waals surface area contributed by atoms with Crippen LogP contribution in [0.1, 0.15) is 159 Å². The number of nitriles is 1. The van der Waals surface area contributed by atoms with Crippen LogP contribution in [-0.2, 0) is 33.8 Å². The van der Waals surface area contributed by atoms with Gasteiger partial charge >= 0.3 is 18.3 Å². The van der Waals surface area contributed by atoms with Gasteiger partial charge in [-0.1, -0.05) is 175 Å². The number of phenols is 1. The van der Waals surface area contributed by atoms with Crippen LogP contribution in [0.15, 0.2) is 286 Å². The number of anilines is 6. The third-order valence-corrected chi connectivity index (χ3v) is 20.9. The first kappa shape index (κ1) is 120. The van der Waals surface area contributed by atoms with Gasteiger partial charge in [0.15, 0.2) is 0 Å². The van der Waals surface area contributed by atoms with E-state index >= 15 is 0 Å². The number of nitrogens with one attached hydrogen (secondary N) is 4. The Morgan fingerprint density at radius 1 is 0.462 bits per heavy atom. The number of fused-ring (bicyclic) bond motifs is 2. The first-order chi connectivity index (χ1) is 66.2. The maximum atomic E-state index is 12.3. The molecule has 9 heterocycles. The Hall–Kier alpha value is -15.5. The maximum Gasteiger partial charge on any atom is 0.418 e. The van der Waals surface area contributed by atoms with Crippen molar-refractivity contribution >= 4 is 86.7 Å². The number of aromatic nitrogens is 12. The zero-order valence-corrected chi connectivity index (χ0v) is 82.4. The number of pyridine rings is 6. The maximum absolute atomic E-state index is 12.3. The fourth-order valence-corrected chi connectivity index (χ4v) is 12.1. The summed E-state index contributed by atoms with van der Waals surface area (Å²) in [6.45, 7) is 32.6. The molecule has 3 amide bonds. The van der Waals surface area contributed by atoms with E-state index in [2.05, 4.69) is 73.2 Å². The molecular formula is C109H143ClN20O13. The summed E-state index contributed by atoms with van der Waals surface area (Å²) in [5, 5.41) is 89.3. The van der Waals surface area contributed by atoms with Crippen molar-refractivity contribution < 1.29 is 66.8 Å². The fraction of sp³-hybridized carbons (Fsp3) is 0.294. The molecule has 0 radical (unpaired) electrons. The van der Waals surface area contributed by atoms with Gasteiger partial charge in [0.2, 0.25) is 0 Å². The first-order valence-electron chi connectivity index (χ1n) is 44.5. The van der Waals surface area contributed by atoms with E-state index in [9.17, 15) is 34.8 Å². The van der Waals surface area contributed by atoms with Crippen LogP contribution >= 0.6 is 12.4 Å². The largest absolute Gasteiger partial charge is 0.507 e. The summed E-state index contributed by atoms with van der Waals surface area (Å²) in [7, 11) is 0. The van der Waals surface area contributed by atoms with E-state index in [1.54, 1.807) is 149 Å². The summed E-state index contributed by atoms with van der Waals surface area (Å²) in [6, 6.07) is 70.1. The van der Waals surface area contributed by atoms with Gasteiger partial charge in [-0.25, -0.2) is 28.4 Å². The lowest BCUT2D eigenvalue weighted by Crippen LogP contribution is -2.27. The highest BCUT2D eigenvalue weighted by Gasteiger charge is 2.30. The quantitative estimate of drug-likeness (QED) is 0.00878. The molecule has 0 fully saturated rings. The number of amides is 3. The Morgan fingerprint density at radius 2 is 0.867 bits per heavy atom. The van der Waals surface area contributed by atoms with Crippen molar-refractivity contribution in [2.24, 2.45) is 11.3 Å². The second-order valence-corrected chi connectivity index (χ2v) is 35.4. The molecular weight excluding hydrogens is 1830 g/mol. The second-order valence-electron chi connectivity index (χ2n) is 35.4. The molecule has 0 bridgehead atoms. The van der Waals surface area contributed by atoms with E-state index in [0.717, 1.165) is 91.4 Å². The molecule has 0 aliphatic carbocycles. The number of nitrogens with zero attached hydrogens (tertiary/aromatic N) is 13. The second kappa shape index (κ2) is 57.9. The van der Waals surface area contributed by atoms with Gasteiger partial charge in [0.05, 0.1) is 116 Å². The number of aliphatic hydroxyl groups excluding tert-OH is 5. The van der Waals surface area contributed by atoms with Gasteiger partial charge < -0.3 is 66.5 Å². The van der Waals surface area contributed by atoms with Crippen molar-refractivity contribution in [3.63, 3.8) is 0 Å². The number of ether oxygens (including phenoxy) is 4. The summed E-state index contributed by atoms with van der Waals surface area (Å²) in [5.41, 5.74) is 25.3. The molecule has 0 aliphatic rings. The topological polar surface area (TPSA) is 490 Å². The third-order valence-electron chi connectivity index (χ3n) is 20.9. The van der Waals surface area contributed by atoms with E-state index < -0.39 is 40.1 Å². The number of nitrogens with two attached hydrogens (primary N) is 3. The lowest BCUT2D eigenvalue weighted by molar-refractivity contribution is 0.0635. The number of rotatable bonds is 24. The van der Waals surface area contributed by atoms with Crippen molar-refractivity contribution in [3.8, 4) is 46.1 Å². The number of hydrogen-bond acceptors (Lipinski definition) is 27. The number of phenolic OH excluding ortho intramolecular Hbond substituents is 1. The lowest BCUT2D eigenvalue weighted by Gasteiger charge is -2.22. The van der Waals surface area contributed by atoms with Crippen molar-refractivity contribution in [3.05, 3.63) is 337 Å². The van der Waals surface area contributed by atoms with Crippen molar-refractivity contribution in [1.82, 2.24) is 59.2 Å². The number of benzene rings is 6. The van der Waals surface area contributed by atoms with Crippen molar-refractivity contribution in [2.75, 3.05) is 72.5 Å². The lowest BCUT2D eigenvalue weighted by atomic mass is 9.85. The van der Waals surface area contributed by atoms with Crippen LogP contribution in [0.3, 0.4) is 0 Å². The normalized spacial score (nSPS) is 10.6. The molecule has 0 saturated heterocycles. The van der Waals surface area contributed by atoms with Gasteiger partial charge in [-0.05, 0) is 187 Å². The number of hydrazine groups is 1. The summed E-state index contributed by atoms with van der Waals surface area (Å²) in [5.74, 6) is 8.45. The average Bonchev–Trinajstić information content (AvgIpc) is 1.65. The number of hydrogen-bond donors (Lipinski definition) is 13. The molecule has 15 aromatic rings. The Labute approximate surface area is 847 Å². The van der Waals surface area contributed by atoms with Gasteiger partial charge in [0.1, 0.15) is 46.1 Å². The van der Waals surface area contributed by atoms with Crippen LogP contribution in [0.4, 0.5) is 48.9 Å². The average molecular weight is 1980 g/mol. The number of carbonyl (C=O) groups excluding carboxylic acids is 3. The first-order valence-corrected chi connectivity index (χ1v) is 44.5. The predicted octanol–water partition coefficient (Wildman–Crippen LogP) is 21.3.